The number of benzene rings is 1. The molecule has 2 N–H and O–H groups in total. The number of urea groups is 1. The van der Waals surface area contributed by atoms with Crippen LogP contribution in [0.4, 0.5) is 4.79 Å². The molecule has 1 aromatic rings. The Kier molecular flexibility index (Phi) is 5.44. The van der Waals surface area contributed by atoms with Crippen molar-refractivity contribution in [3.63, 3.8) is 0 Å². The fourth-order valence-electron chi connectivity index (χ4n) is 2.68. The molecule has 7 heteroatoms. The zero-order chi connectivity index (χ0) is 17.0. The molecule has 0 unspecified atom stereocenters. The summed E-state index contributed by atoms with van der Waals surface area (Å²) in [5.74, 6) is 1.08. The van der Waals surface area contributed by atoms with Crippen LogP contribution in [0.2, 0.25) is 0 Å². The molecule has 0 spiro atoms. The average molecular weight is 321 g/mol. The molecule has 0 saturated heterocycles. The molecule has 23 heavy (non-hydrogen) atoms. The van der Waals surface area contributed by atoms with E-state index in [0.717, 1.165) is 18.5 Å². The zero-order valence-electron chi connectivity index (χ0n) is 13.9. The van der Waals surface area contributed by atoms with Gasteiger partial charge in [-0.3, -0.25) is 15.0 Å². The SMILES string of the molecule is CNC(=O)NC(=O)[C@H](C)N1CCc2cc(OC)c(OC)cc2C1. The largest absolute Gasteiger partial charge is 0.493 e. The number of carbonyl (C=O) groups excluding carboxylic acids is 2. The van der Waals surface area contributed by atoms with Crippen molar-refractivity contribution in [3.8, 4) is 11.5 Å². The first-order valence-corrected chi connectivity index (χ1v) is 7.50. The molecule has 0 bridgehead atoms. The molecule has 0 aromatic heterocycles. The number of hydrogen-bond acceptors (Lipinski definition) is 5. The minimum absolute atomic E-state index is 0.312. The van der Waals surface area contributed by atoms with Gasteiger partial charge in [-0.25, -0.2) is 4.79 Å². The van der Waals surface area contributed by atoms with Crippen molar-refractivity contribution in [1.82, 2.24) is 15.5 Å². The first-order chi connectivity index (χ1) is 11.0. The van der Waals surface area contributed by atoms with Crippen LogP contribution in [-0.4, -0.2) is 50.7 Å². The summed E-state index contributed by atoms with van der Waals surface area (Å²) in [7, 11) is 4.69. The lowest BCUT2D eigenvalue weighted by molar-refractivity contribution is -0.125. The lowest BCUT2D eigenvalue weighted by Crippen LogP contribution is -2.50. The van der Waals surface area contributed by atoms with E-state index in [0.29, 0.717) is 18.0 Å². The Morgan fingerprint density at radius 2 is 1.78 bits per heavy atom. The summed E-state index contributed by atoms with van der Waals surface area (Å²) in [4.78, 5) is 25.4. The van der Waals surface area contributed by atoms with Crippen LogP contribution in [0.1, 0.15) is 18.1 Å². The van der Waals surface area contributed by atoms with Crippen molar-refractivity contribution >= 4 is 11.9 Å². The minimum Gasteiger partial charge on any atom is -0.493 e. The number of imide groups is 1. The third-order valence-corrected chi connectivity index (χ3v) is 4.14. The Balaban J connectivity index is 2.13. The lowest BCUT2D eigenvalue weighted by Gasteiger charge is -2.33. The van der Waals surface area contributed by atoms with Gasteiger partial charge in [0.2, 0.25) is 5.91 Å². The second kappa shape index (κ2) is 7.32. The number of fused-ring (bicyclic) bond motifs is 1. The summed E-state index contributed by atoms with van der Waals surface area (Å²) in [6.45, 7) is 3.16. The number of amides is 3. The monoisotopic (exact) mass is 321 g/mol. The number of rotatable bonds is 4. The molecular weight excluding hydrogens is 298 g/mol. The lowest BCUT2D eigenvalue weighted by atomic mass is 9.97. The molecule has 0 radical (unpaired) electrons. The first-order valence-electron chi connectivity index (χ1n) is 7.50. The molecule has 1 heterocycles. The maximum absolute atomic E-state index is 12.1. The summed E-state index contributed by atoms with van der Waals surface area (Å²) < 4.78 is 10.7. The molecule has 1 aromatic carbocycles. The summed E-state index contributed by atoms with van der Waals surface area (Å²) in [5.41, 5.74) is 2.30. The maximum Gasteiger partial charge on any atom is 0.321 e. The maximum atomic E-state index is 12.1. The van der Waals surface area contributed by atoms with Crippen LogP contribution in [0.3, 0.4) is 0 Å². The molecule has 0 fully saturated rings. The van der Waals surface area contributed by atoms with E-state index in [2.05, 4.69) is 10.6 Å². The number of ether oxygens (including phenoxy) is 2. The van der Waals surface area contributed by atoms with E-state index in [1.165, 1.54) is 12.6 Å². The number of nitrogens with one attached hydrogen (secondary N) is 2. The molecule has 7 nitrogen and oxygen atoms in total. The number of methoxy groups -OCH3 is 2. The topological polar surface area (TPSA) is 79.9 Å². The van der Waals surface area contributed by atoms with Crippen LogP contribution >= 0.6 is 0 Å². The van der Waals surface area contributed by atoms with Crippen LogP contribution in [0.5, 0.6) is 11.5 Å². The Hall–Kier alpha value is -2.28. The standard InChI is InChI=1S/C16H23N3O4/c1-10(15(20)18-16(21)17-2)19-6-5-11-7-13(22-3)14(23-4)8-12(11)9-19/h7-8,10H,5-6,9H2,1-4H3,(H2,17,18,20,21)/t10-/m0/s1. The van der Waals surface area contributed by atoms with Gasteiger partial charge < -0.3 is 14.8 Å². The van der Waals surface area contributed by atoms with Crippen LogP contribution < -0.4 is 20.1 Å². The number of hydrogen-bond donors (Lipinski definition) is 2. The Morgan fingerprint density at radius 1 is 1.17 bits per heavy atom. The molecule has 2 rings (SSSR count). The molecule has 1 aliphatic heterocycles. The number of nitrogens with zero attached hydrogens (tertiary/aromatic N) is 1. The van der Waals surface area contributed by atoms with Gasteiger partial charge in [-0.2, -0.15) is 0 Å². The molecule has 0 saturated carbocycles. The highest BCUT2D eigenvalue weighted by Gasteiger charge is 2.27. The molecule has 3 amide bonds. The first kappa shape index (κ1) is 17.1. The van der Waals surface area contributed by atoms with E-state index in [1.54, 1.807) is 21.1 Å². The van der Waals surface area contributed by atoms with Crippen molar-refractivity contribution in [2.24, 2.45) is 0 Å². The fourth-order valence-corrected chi connectivity index (χ4v) is 2.68. The van der Waals surface area contributed by atoms with E-state index >= 15 is 0 Å². The Bertz CT molecular complexity index is 603. The van der Waals surface area contributed by atoms with E-state index in [4.69, 9.17) is 9.47 Å². The highest BCUT2D eigenvalue weighted by Crippen LogP contribution is 2.33. The second-order valence-corrected chi connectivity index (χ2v) is 5.44. The van der Waals surface area contributed by atoms with Crippen LogP contribution in [-0.2, 0) is 17.8 Å². The van der Waals surface area contributed by atoms with Gasteiger partial charge in [-0.05, 0) is 36.6 Å². The Labute approximate surface area is 135 Å². The van der Waals surface area contributed by atoms with Gasteiger partial charge in [0.25, 0.3) is 0 Å². The van der Waals surface area contributed by atoms with Gasteiger partial charge in [0.15, 0.2) is 11.5 Å². The van der Waals surface area contributed by atoms with Crippen molar-refractivity contribution in [3.05, 3.63) is 23.3 Å². The van der Waals surface area contributed by atoms with Gasteiger partial charge in [0.1, 0.15) is 0 Å². The normalized spacial score (nSPS) is 15.3. The van der Waals surface area contributed by atoms with Gasteiger partial charge in [0.05, 0.1) is 20.3 Å². The summed E-state index contributed by atoms with van der Waals surface area (Å²) in [6, 6.07) is 3.05. The van der Waals surface area contributed by atoms with Gasteiger partial charge >= 0.3 is 6.03 Å². The van der Waals surface area contributed by atoms with Crippen LogP contribution in [0, 0.1) is 0 Å². The van der Waals surface area contributed by atoms with Gasteiger partial charge in [-0.1, -0.05) is 0 Å². The highest BCUT2D eigenvalue weighted by molar-refractivity contribution is 5.96. The third kappa shape index (κ3) is 3.73. The van der Waals surface area contributed by atoms with Crippen molar-refractivity contribution in [1.29, 1.82) is 0 Å². The number of carbonyl (C=O) groups is 2. The van der Waals surface area contributed by atoms with Gasteiger partial charge in [-0.15, -0.1) is 0 Å². The van der Waals surface area contributed by atoms with Crippen molar-refractivity contribution in [2.75, 3.05) is 27.8 Å². The molecule has 0 aliphatic carbocycles. The van der Waals surface area contributed by atoms with Crippen molar-refractivity contribution < 1.29 is 19.1 Å². The average Bonchev–Trinajstić information content (AvgIpc) is 2.58. The van der Waals surface area contributed by atoms with E-state index < -0.39 is 12.1 Å². The highest BCUT2D eigenvalue weighted by atomic mass is 16.5. The minimum atomic E-state index is -0.495. The van der Waals surface area contributed by atoms with E-state index in [-0.39, 0.29) is 5.91 Å². The van der Waals surface area contributed by atoms with Crippen molar-refractivity contribution in [2.45, 2.75) is 25.9 Å². The van der Waals surface area contributed by atoms with E-state index in [9.17, 15) is 9.59 Å². The molecule has 1 atom stereocenters. The summed E-state index contributed by atoms with van der Waals surface area (Å²) >= 11 is 0. The predicted molar refractivity (Wildman–Crippen MR) is 85.7 cm³/mol. The zero-order valence-corrected chi connectivity index (χ0v) is 13.9. The molecular formula is C16H23N3O4. The summed E-state index contributed by atoms with van der Waals surface area (Å²) in [6.07, 6.45) is 0.813. The Morgan fingerprint density at radius 3 is 2.35 bits per heavy atom. The van der Waals surface area contributed by atoms with Crippen LogP contribution in [0.15, 0.2) is 12.1 Å². The second-order valence-electron chi connectivity index (χ2n) is 5.44. The third-order valence-electron chi connectivity index (χ3n) is 4.14. The molecule has 1 aliphatic rings. The van der Waals surface area contributed by atoms with Gasteiger partial charge in [0, 0.05) is 20.1 Å². The summed E-state index contributed by atoms with van der Waals surface area (Å²) in [5, 5.41) is 4.69. The smallest absolute Gasteiger partial charge is 0.321 e. The fraction of sp³-hybridized carbons (Fsp3) is 0.500. The predicted octanol–water partition coefficient (Wildman–Crippen LogP) is 0.906. The van der Waals surface area contributed by atoms with E-state index in [1.807, 2.05) is 17.0 Å². The molecule has 126 valence electrons. The van der Waals surface area contributed by atoms with Crippen LogP contribution in [0.25, 0.3) is 0 Å². The quantitative estimate of drug-likeness (QED) is 0.861.